The van der Waals surface area contributed by atoms with Crippen LogP contribution in [0, 0.1) is 0 Å². The van der Waals surface area contributed by atoms with E-state index in [9.17, 15) is 9.90 Å². The Morgan fingerprint density at radius 3 is 2.85 bits per heavy atom. The van der Waals surface area contributed by atoms with Gasteiger partial charge in [0.25, 0.3) is 0 Å². The van der Waals surface area contributed by atoms with E-state index in [-0.39, 0.29) is 17.7 Å². The van der Waals surface area contributed by atoms with E-state index in [0.717, 1.165) is 24.9 Å². The molecular weight excluding hydrogens is 254 g/mol. The minimum atomic E-state index is -0.00659. The van der Waals surface area contributed by atoms with Crippen molar-refractivity contribution in [3.63, 3.8) is 0 Å². The summed E-state index contributed by atoms with van der Waals surface area (Å²) in [7, 11) is 0. The zero-order valence-electron chi connectivity index (χ0n) is 12.3. The van der Waals surface area contributed by atoms with Crippen LogP contribution in [0.4, 0.5) is 5.69 Å². The highest BCUT2D eigenvalue weighted by atomic mass is 16.3. The molecule has 0 bridgehead atoms. The second-order valence-electron chi connectivity index (χ2n) is 4.89. The summed E-state index contributed by atoms with van der Waals surface area (Å²) in [6.07, 6.45) is 2.20. The zero-order valence-corrected chi connectivity index (χ0v) is 12.3. The molecule has 1 atom stereocenters. The highest BCUT2D eigenvalue weighted by Gasteiger charge is 2.11. The number of nitrogens with two attached hydrogens (primary N) is 1. The fourth-order valence-electron chi connectivity index (χ4n) is 1.96. The molecule has 0 aromatic heterocycles. The van der Waals surface area contributed by atoms with Crippen LogP contribution in [0.1, 0.15) is 44.7 Å². The number of aromatic hydroxyl groups is 1. The van der Waals surface area contributed by atoms with E-state index >= 15 is 0 Å². The van der Waals surface area contributed by atoms with Gasteiger partial charge in [-0.05, 0) is 51.1 Å². The molecule has 0 aliphatic carbocycles. The summed E-state index contributed by atoms with van der Waals surface area (Å²) in [6.45, 7) is 5.37. The summed E-state index contributed by atoms with van der Waals surface area (Å²) in [5, 5.41) is 16.1. The van der Waals surface area contributed by atoms with Crippen molar-refractivity contribution in [1.29, 1.82) is 0 Å². The number of hydrogen-bond acceptors (Lipinski definition) is 4. The number of benzene rings is 1. The van der Waals surface area contributed by atoms with Gasteiger partial charge in [0.2, 0.25) is 5.91 Å². The molecule has 0 aliphatic heterocycles. The number of phenolic OH excluding ortho intramolecular Hbond substituents is 1. The number of carbonyl (C=O) groups excluding carboxylic acids is 1. The van der Waals surface area contributed by atoms with E-state index in [1.54, 1.807) is 12.1 Å². The second kappa shape index (κ2) is 8.55. The molecule has 1 unspecified atom stereocenters. The first kappa shape index (κ1) is 16.5. The Morgan fingerprint density at radius 1 is 1.45 bits per heavy atom. The van der Waals surface area contributed by atoms with Crippen molar-refractivity contribution >= 4 is 11.6 Å². The van der Waals surface area contributed by atoms with Crippen LogP contribution in [0.5, 0.6) is 5.75 Å². The standard InChI is InChI=1S/C15H25N3O2/c1-3-5-15(20)18-12-6-7-14(19)13(10-12)11(2)17-9-4-8-16/h6-7,10-11,17,19H,3-5,8-9,16H2,1-2H3,(H,18,20). The van der Waals surface area contributed by atoms with Gasteiger partial charge in [-0.3, -0.25) is 4.79 Å². The van der Waals surface area contributed by atoms with E-state index in [1.807, 2.05) is 19.9 Å². The molecule has 1 amide bonds. The number of phenols is 1. The van der Waals surface area contributed by atoms with Crippen molar-refractivity contribution in [3.05, 3.63) is 23.8 Å². The SMILES string of the molecule is CCCC(=O)Nc1ccc(O)c(C(C)NCCCN)c1. The number of amides is 1. The fourth-order valence-corrected chi connectivity index (χ4v) is 1.96. The summed E-state index contributed by atoms with van der Waals surface area (Å²) in [6, 6.07) is 5.13. The molecule has 1 rings (SSSR count). The van der Waals surface area contributed by atoms with E-state index in [2.05, 4.69) is 10.6 Å². The largest absolute Gasteiger partial charge is 0.508 e. The minimum Gasteiger partial charge on any atom is -0.508 e. The summed E-state index contributed by atoms with van der Waals surface area (Å²) in [5.74, 6) is 0.221. The van der Waals surface area contributed by atoms with Crippen molar-refractivity contribution in [1.82, 2.24) is 5.32 Å². The molecule has 0 spiro atoms. The Balaban J connectivity index is 2.72. The Hall–Kier alpha value is -1.59. The Labute approximate surface area is 120 Å². The minimum absolute atomic E-state index is 0.00424. The topological polar surface area (TPSA) is 87.4 Å². The molecular formula is C15H25N3O2. The first-order chi connectivity index (χ1) is 9.58. The van der Waals surface area contributed by atoms with Gasteiger partial charge in [-0.2, -0.15) is 0 Å². The molecule has 0 saturated carbocycles. The van der Waals surface area contributed by atoms with Crippen molar-refractivity contribution in [2.75, 3.05) is 18.4 Å². The van der Waals surface area contributed by atoms with Crippen molar-refractivity contribution < 1.29 is 9.90 Å². The highest BCUT2D eigenvalue weighted by molar-refractivity contribution is 5.90. The lowest BCUT2D eigenvalue weighted by Crippen LogP contribution is -2.22. The predicted molar refractivity (Wildman–Crippen MR) is 81.7 cm³/mol. The van der Waals surface area contributed by atoms with Crippen LogP contribution in [0.25, 0.3) is 0 Å². The van der Waals surface area contributed by atoms with Crippen molar-refractivity contribution in [2.24, 2.45) is 5.73 Å². The Morgan fingerprint density at radius 2 is 2.20 bits per heavy atom. The molecule has 0 heterocycles. The number of rotatable bonds is 8. The normalized spacial score (nSPS) is 12.2. The van der Waals surface area contributed by atoms with Crippen LogP contribution in [-0.2, 0) is 4.79 Å². The third-order valence-corrected chi connectivity index (χ3v) is 3.09. The number of anilines is 1. The maximum atomic E-state index is 11.6. The average Bonchev–Trinajstić information content (AvgIpc) is 2.41. The third-order valence-electron chi connectivity index (χ3n) is 3.09. The Kier molecular flexibility index (Phi) is 7.04. The third kappa shape index (κ3) is 5.19. The van der Waals surface area contributed by atoms with Gasteiger partial charge in [0.05, 0.1) is 0 Å². The van der Waals surface area contributed by atoms with Crippen LogP contribution in [0.15, 0.2) is 18.2 Å². The fraction of sp³-hybridized carbons (Fsp3) is 0.533. The van der Waals surface area contributed by atoms with E-state index in [0.29, 0.717) is 18.7 Å². The molecule has 0 saturated heterocycles. The van der Waals surface area contributed by atoms with Gasteiger partial charge < -0.3 is 21.5 Å². The summed E-state index contributed by atoms with van der Waals surface area (Å²) >= 11 is 0. The highest BCUT2D eigenvalue weighted by Crippen LogP contribution is 2.27. The number of hydrogen-bond donors (Lipinski definition) is 4. The molecule has 0 aliphatic rings. The maximum absolute atomic E-state index is 11.6. The first-order valence-corrected chi connectivity index (χ1v) is 7.14. The Bertz CT molecular complexity index is 435. The molecule has 112 valence electrons. The molecule has 0 radical (unpaired) electrons. The lowest BCUT2D eigenvalue weighted by atomic mass is 10.1. The molecule has 20 heavy (non-hydrogen) atoms. The van der Waals surface area contributed by atoms with E-state index in [1.165, 1.54) is 0 Å². The number of nitrogens with one attached hydrogen (secondary N) is 2. The monoisotopic (exact) mass is 279 g/mol. The molecule has 5 heteroatoms. The van der Waals surface area contributed by atoms with Crippen LogP contribution < -0.4 is 16.4 Å². The van der Waals surface area contributed by atoms with Gasteiger partial charge in [0.1, 0.15) is 5.75 Å². The van der Waals surface area contributed by atoms with Gasteiger partial charge in [-0.25, -0.2) is 0 Å². The predicted octanol–water partition coefficient (Wildman–Crippen LogP) is 2.13. The van der Waals surface area contributed by atoms with Crippen LogP contribution in [0.2, 0.25) is 0 Å². The quantitative estimate of drug-likeness (QED) is 0.433. The molecule has 0 fully saturated rings. The number of carbonyl (C=O) groups is 1. The van der Waals surface area contributed by atoms with Gasteiger partial charge in [0.15, 0.2) is 0 Å². The van der Waals surface area contributed by atoms with Gasteiger partial charge in [-0.1, -0.05) is 6.92 Å². The van der Waals surface area contributed by atoms with E-state index < -0.39 is 0 Å². The van der Waals surface area contributed by atoms with Gasteiger partial charge >= 0.3 is 0 Å². The lowest BCUT2D eigenvalue weighted by Gasteiger charge is -2.17. The smallest absolute Gasteiger partial charge is 0.224 e. The van der Waals surface area contributed by atoms with Crippen molar-refractivity contribution in [2.45, 2.75) is 39.2 Å². The molecule has 5 nitrogen and oxygen atoms in total. The van der Waals surface area contributed by atoms with Gasteiger partial charge in [0, 0.05) is 23.7 Å². The molecule has 1 aromatic carbocycles. The maximum Gasteiger partial charge on any atom is 0.224 e. The van der Waals surface area contributed by atoms with Crippen molar-refractivity contribution in [3.8, 4) is 5.75 Å². The van der Waals surface area contributed by atoms with Crippen LogP contribution in [0.3, 0.4) is 0 Å². The molecule has 5 N–H and O–H groups in total. The lowest BCUT2D eigenvalue weighted by molar-refractivity contribution is -0.116. The summed E-state index contributed by atoms with van der Waals surface area (Å²) < 4.78 is 0. The van der Waals surface area contributed by atoms with Crippen LogP contribution >= 0.6 is 0 Å². The zero-order chi connectivity index (χ0) is 15.0. The second-order valence-corrected chi connectivity index (χ2v) is 4.89. The average molecular weight is 279 g/mol. The van der Waals surface area contributed by atoms with Crippen LogP contribution in [-0.4, -0.2) is 24.1 Å². The summed E-state index contributed by atoms with van der Waals surface area (Å²) in [5.41, 5.74) is 6.94. The van der Waals surface area contributed by atoms with Gasteiger partial charge in [-0.15, -0.1) is 0 Å². The molecule has 1 aromatic rings. The first-order valence-electron chi connectivity index (χ1n) is 7.14. The summed E-state index contributed by atoms with van der Waals surface area (Å²) in [4.78, 5) is 11.6. The van der Waals surface area contributed by atoms with E-state index in [4.69, 9.17) is 5.73 Å².